The SMILES string of the molecule is C/C(=C\c1cccc(N(C)C)c1)[C@H]1OC(=O)C[C@H](O)CC[C@H](C)[C@@H](OC(=O)N2CCN(C(=O)OCc3ccc(NC(=O)[C@H](CCCNC(N)=O)NC(=O)[C@@H](NC(=O)CCCCCN4C(=O)C=CC4=O)C(C)C)cc3)CC2)/C=C\[C@@H]1C. The smallest absolute Gasteiger partial charge is 0.410 e. The Hall–Kier alpha value is -7.75. The maximum absolute atomic E-state index is 13.7. The topological polar surface area (TPSA) is 289 Å². The van der Waals surface area contributed by atoms with Crippen LogP contribution in [0, 0.1) is 17.8 Å². The summed E-state index contributed by atoms with van der Waals surface area (Å²) in [6, 6.07) is 11.8. The van der Waals surface area contributed by atoms with E-state index in [9.17, 15) is 48.3 Å². The van der Waals surface area contributed by atoms with Gasteiger partial charge in [0.25, 0.3) is 11.8 Å². The average molecular weight is 1110 g/mol. The Balaban J connectivity index is 1.10. The molecule has 22 heteroatoms. The monoisotopic (exact) mass is 1110 g/mol. The number of carbonyl (C=O) groups excluding carboxylic acids is 9. The first-order chi connectivity index (χ1) is 38.1. The first-order valence-electron chi connectivity index (χ1n) is 27.5. The average Bonchev–Trinajstić information content (AvgIpc) is 3.76. The van der Waals surface area contributed by atoms with Crippen LogP contribution in [0.5, 0.6) is 0 Å². The van der Waals surface area contributed by atoms with Crippen molar-refractivity contribution in [2.75, 3.05) is 63.6 Å². The van der Waals surface area contributed by atoms with Crippen molar-refractivity contribution in [3.8, 4) is 0 Å². The fourth-order valence-corrected chi connectivity index (χ4v) is 9.31. The summed E-state index contributed by atoms with van der Waals surface area (Å²) in [5, 5.41) is 21.6. The molecule has 0 aliphatic carbocycles. The van der Waals surface area contributed by atoms with Crippen LogP contribution in [0.1, 0.15) is 104 Å². The largest absolute Gasteiger partial charge is 0.457 e. The van der Waals surface area contributed by atoms with Gasteiger partial charge in [-0.3, -0.25) is 33.7 Å². The molecule has 0 aromatic heterocycles. The summed E-state index contributed by atoms with van der Waals surface area (Å²) < 4.78 is 17.7. The highest BCUT2D eigenvalue weighted by Crippen LogP contribution is 2.27. The summed E-state index contributed by atoms with van der Waals surface area (Å²) in [6.45, 7) is 10.4. The van der Waals surface area contributed by atoms with E-state index in [0.717, 1.165) is 21.7 Å². The number of imide groups is 1. The van der Waals surface area contributed by atoms with Gasteiger partial charge in [0.1, 0.15) is 30.9 Å². The lowest BCUT2D eigenvalue weighted by molar-refractivity contribution is -0.151. The number of nitrogens with zero attached hydrogens (tertiary/aromatic N) is 4. The number of hydrogen-bond acceptors (Lipinski definition) is 14. The van der Waals surface area contributed by atoms with E-state index in [1.165, 1.54) is 22.0 Å². The van der Waals surface area contributed by atoms with Crippen molar-refractivity contribution in [2.24, 2.45) is 23.5 Å². The molecule has 2 aromatic rings. The molecule has 0 bridgehead atoms. The Kier molecular flexibility index (Phi) is 24.6. The van der Waals surface area contributed by atoms with Crippen LogP contribution in [0.15, 0.2) is 78.4 Å². The molecule has 436 valence electrons. The summed E-state index contributed by atoms with van der Waals surface area (Å²) in [5.74, 6) is -3.56. The number of anilines is 2. The Labute approximate surface area is 468 Å². The van der Waals surface area contributed by atoms with Crippen LogP contribution < -0.4 is 31.9 Å². The van der Waals surface area contributed by atoms with Crippen LogP contribution >= 0.6 is 0 Å². The van der Waals surface area contributed by atoms with Crippen LogP contribution in [0.2, 0.25) is 0 Å². The van der Waals surface area contributed by atoms with Crippen LogP contribution in [0.25, 0.3) is 6.08 Å². The van der Waals surface area contributed by atoms with E-state index in [1.807, 2.05) is 82.3 Å². The van der Waals surface area contributed by atoms with Crippen molar-refractivity contribution in [1.82, 2.24) is 30.7 Å². The zero-order valence-electron chi connectivity index (χ0n) is 47.2. The van der Waals surface area contributed by atoms with Crippen LogP contribution in [-0.2, 0) is 49.6 Å². The lowest BCUT2D eigenvalue weighted by atomic mass is 9.91. The second-order valence-electron chi connectivity index (χ2n) is 21.3. The van der Waals surface area contributed by atoms with Crippen molar-refractivity contribution in [3.05, 3.63) is 89.5 Å². The molecule has 80 heavy (non-hydrogen) atoms. The maximum atomic E-state index is 13.7. The van der Waals surface area contributed by atoms with Crippen LogP contribution in [-0.4, -0.2) is 157 Å². The molecule has 22 nitrogen and oxygen atoms in total. The van der Waals surface area contributed by atoms with E-state index in [2.05, 4.69) is 21.3 Å². The summed E-state index contributed by atoms with van der Waals surface area (Å²) in [5.41, 5.74) is 9.00. The summed E-state index contributed by atoms with van der Waals surface area (Å²) in [4.78, 5) is 121. The zero-order chi connectivity index (χ0) is 58.5. The van der Waals surface area contributed by atoms with Gasteiger partial charge in [0.2, 0.25) is 17.7 Å². The van der Waals surface area contributed by atoms with E-state index in [-0.39, 0.29) is 107 Å². The van der Waals surface area contributed by atoms with E-state index in [1.54, 1.807) is 38.1 Å². The molecule has 3 aliphatic heterocycles. The number of aliphatic hydroxyl groups is 1. The predicted octanol–water partition coefficient (Wildman–Crippen LogP) is 5.40. The summed E-state index contributed by atoms with van der Waals surface area (Å²) >= 11 is 0. The van der Waals surface area contributed by atoms with E-state index >= 15 is 0 Å². The number of aliphatic hydroxyl groups excluding tert-OH is 1. The van der Waals surface area contributed by atoms with Gasteiger partial charge in [-0.15, -0.1) is 0 Å². The number of rotatable bonds is 22. The molecular weight excluding hydrogens is 1030 g/mol. The van der Waals surface area contributed by atoms with Crippen molar-refractivity contribution < 1.29 is 62.5 Å². The quantitative estimate of drug-likeness (QED) is 0.0283. The molecule has 0 saturated carbocycles. The second kappa shape index (κ2) is 31.1. The van der Waals surface area contributed by atoms with Gasteiger partial charge in [0, 0.05) is 89.2 Å². The molecule has 1 fully saturated rings. The molecule has 7 atom stereocenters. The summed E-state index contributed by atoms with van der Waals surface area (Å²) in [6.07, 6.45) is 7.49. The number of primary amides is 1. The van der Waals surface area contributed by atoms with Crippen molar-refractivity contribution in [2.45, 2.75) is 129 Å². The van der Waals surface area contributed by atoms with Gasteiger partial charge in [-0.05, 0) is 104 Å². The highest BCUT2D eigenvalue weighted by atomic mass is 16.6. The third-order valence-corrected chi connectivity index (χ3v) is 14.2. The molecule has 1 saturated heterocycles. The fraction of sp³-hybridized carbons (Fsp3) is 0.534. The third kappa shape index (κ3) is 20.2. The number of esters is 1. The van der Waals surface area contributed by atoms with Gasteiger partial charge in [0.15, 0.2) is 0 Å². The van der Waals surface area contributed by atoms with E-state index < -0.39 is 66.4 Å². The van der Waals surface area contributed by atoms with E-state index in [4.69, 9.17) is 19.9 Å². The van der Waals surface area contributed by atoms with Gasteiger partial charge in [0.05, 0.1) is 12.5 Å². The van der Waals surface area contributed by atoms with Crippen molar-refractivity contribution in [1.29, 1.82) is 0 Å². The zero-order valence-corrected chi connectivity index (χ0v) is 47.2. The molecule has 0 spiro atoms. The molecule has 0 radical (unpaired) electrons. The molecule has 0 unspecified atom stereocenters. The molecule has 7 N–H and O–H groups in total. The fourth-order valence-electron chi connectivity index (χ4n) is 9.31. The maximum Gasteiger partial charge on any atom is 0.410 e. The highest BCUT2D eigenvalue weighted by molar-refractivity contribution is 6.12. The first-order valence-corrected chi connectivity index (χ1v) is 27.5. The first kappa shape index (κ1) is 63.1. The molecule has 5 rings (SSSR count). The minimum atomic E-state index is -1.07. The lowest BCUT2D eigenvalue weighted by Gasteiger charge is -2.35. The lowest BCUT2D eigenvalue weighted by Crippen LogP contribution is -2.54. The Morgan fingerprint density at radius 3 is 2.17 bits per heavy atom. The molecule has 2 aromatic carbocycles. The highest BCUT2D eigenvalue weighted by Gasteiger charge is 2.32. The Morgan fingerprint density at radius 1 is 0.850 bits per heavy atom. The number of cyclic esters (lactones) is 1. The number of benzene rings is 2. The molecule has 9 amide bonds. The van der Waals surface area contributed by atoms with Gasteiger partial charge in [-0.1, -0.05) is 70.5 Å². The Morgan fingerprint density at radius 2 is 1.52 bits per heavy atom. The molecule has 3 heterocycles. The second-order valence-corrected chi connectivity index (χ2v) is 21.3. The van der Waals surface area contributed by atoms with Crippen molar-refractivity contribution in [3.63, 3.8) is 0 Å². The Bertz CT molecular complexity index is 2560. The standard InChI is InChI=1S/C58H81N9O13/c1-37(2)52(63-48(69)16-9-8-10-28-67-49(70)25-26-50(67)71)55(74)62-46(15-12-27-60-56(59)75)54(73)61-43-21-19-41(20-22-43)36-78-57(76)65-29-31-66(32-30-65)58(77)79-47-24-18-39(4)53(80-51(72)35-45(68)23-17-38(47)3)40(5)33-42-13-11-14-44(34-42)64(6)7/h11,13-14,18-22,24-26,33-34,37-39,45-47,52-53,68H,8-10,12,15-17,23,27-32,35-36H2,1-7H3,(H,61,73)(H,62,74)(H,63,69)(H3,59,60,75)/b24-18-,40-33+/t38-,39-,45+,46-,47-,52-,53-/m0/s1. The van der Waals surface area contributed by atoms with E-state index in [0.29, 0.717) is 43.4 Å². The number of hydrogen-bond donors (Lipinski definition) is 6. The number of nitrogens with one attached hydrogen (secondary N) is 4. The van der Waals surface area contributed by atoms with Crippen LogP contribution in [0.4, 0.5) is 25.8 Å². The summed E-state index contributed by atoms with van der Waals surface area (Å²) in [7, 11) is 3.92. The molecular formula is C58H81N9O13. The minimum Gasteiger partial charge on any atom is -0.457 e. The minimum absolute atomic E-state index is 0.0838. The normalized spacial score (nSPS) is 21.1. The predicted molar refractivity (Wildman–Crippen MR) is 300 cm³/mol. The van der Waals surface area contributed by atoms with Gasteiger partial charge >= 0.3 is 24.2 Å². The van der Waals surface area contributed by atoms with Crippen molar-refractivity contribution >= 4 is 71.2 Å². The number of amides is 9. The number of nitrogens with two attached hydrogens (primary N) is 1. The number of piperazine rings is 1. The van der Waals surface area contributed by atoms with Crippen LogP contribution in [0.3, 0.4) is 0 Å². The number of carbonyl (C=O) groups is 9. The van der Waals surface area contributed by atoms with Gasteiger partial charge in [-0.25, -0.2) is 14.4 Å². The van der Waals surface area contributed by atoms with Gasteiger partial charge in [-0.2, -0.15) is 0 Å². The number of ether oxygens (including phenoxy) is 3. The number of urea groups is 1. The molecule has 3 aliphatic rings. The third-order valence-electron chi connectivity index (χ3n) is 14.2. The number of unbranched alkanes of at least 4 members (excludes halogenated alkanes) is 2. The van der Waals surface area contributed by atoms with Gasteiger partial charge < -0.3 is 61.0 Å².